The van der Waals surface area contributed by atoms with Crippen molar-refractivity contribution in [1.29, 1.82) is 0 Å². The number of hydrogen-bond donors (Lipinski definition) is 0. The zero-order chi connectivity index (χ0) is 18.1. The summed E-state index contributed by atoms with van der Waals surface area (Å²) in [4.78, 5) is 0. The zero-order valence-electron chi connectivity index (χ0n) is 17.4. The fraction of sp³-hybridized carbons (Fsp3) is 0.739. The van der Waals surface area contributed by atoms with Gasteiger partial charge < -0.3 is 0 Å². The molecule has 0 spiro atoms. The van der Waals surface area contributed by atoms with Crippen LogP contribution in [-0.4, -0.2) is 0 Å². The van der Waals surface area contributed by atoms with Gasteiger partial charge in [0.2, 0.25) is 0 Å². The second kappa shape index (κ2) is 6.61. The summed E-state index contributed by atoms with van der Waals surface area (Å²) in [6.45, 7) is 23.7. The van der Waals surface area contributed by atoms with Gasteiger partial charge in [-0.2, -0.15) is 0 Å². The topological polar surface area (TPSA) is 0 Å². The third kappa shape index (κ3) is 5.98. The number of hydrogen-bond acceptors (Lipinski definition) is 0. The maximum absolute atomic E-state index is 2.47. The molecule has 0 heterocycles. The molecule has 0 radical (unpaired) electrons. The van der Waals surface area contributed by atoms with Gasteiger partial charge >= 0.3 is 0 Å². The summed E-state index contributed by atoms with van der Waals surface area (Å²) in [7, 11) is 0. The first-order valence-corrected chi connectivity index (χ1v) is 9.30. The molecule has 1 aromatic rings. The van der Waals surface area contributed by atoms with E-state index in [0.717, 1.165) is 0 Å². The maximum atomic E-state index is 2.47. The molecule has 0 aromatic heterocycles. The van der Waals surface area contributed by atoms with Crippen LogP contribution in [0.15, 0.2) is 24.3 Å². The molecule has 23 heavy (non-hydrogen) atoms. The number of benzene rings is 1. The molecule has 0 atom stereocenters. The molecule has 0 N–H and O–H groups in total. The lowest BCUT2D eigenvalue weighted by Gasteiger charge is -2.37. The van der Waals surface area contributed by atoms with Crippen LogP contribution in [0.25, 0.3) is 0 Å². The highest BCUT2D eigenvalue weighted by atomic mass is 14.4. The van der Waals surface area contributed by atoms with Crippen molar-refractivity contribution in [2.45, 2.75) is 99.3 Å². The van der Waals surface area contributed by atoms with Gasteiger partial charge in [-0.25, -0.2) is 0 Å². The van der Waals surface area contributed by atoms with Crippen LogP contribution in [0.2, 0.25) is 0 Å². The summed E-state index contributed by atoms with van der Waals surface area (Å²) < 4.78 is 0. The Morgan fingerprint density at radius 2 is 1.13 bits per heavy atom. The van der Waals surface area contributed by atoms with Crippen molar-refractivity contribution in [2.24, 2.45) is 10.8 Å². The lowest BCUT2D eigenvalue weighted by Crippen LogP contribution is -2.28. The van der Waals surface area contributed by atoms with Gasteiger partial charge in [-0.1, -0.05) is 99.9 Å². The molecule has 0 saturated carbocycles. The van der Waals surface area contributed by atoms with E-state index in [0.29, 0.717) is 10.8 Å². The van der Waals surface area contributed by atoms with Crippen molar-refractivity contribution in [1.82, 2.24) is 0 Å². The predicted molar refractivity (Wildman–Crippen MR) is 105 cm³/mol. The fourth-order valence-corrected chi connectivity index (χ4v) is 4.21. The van der Waals surface area contributed by atoms with Gasteiger partial charge in [-0.15, -0.1) is 0 Å². The Kier molecular flexibility index (Phi) is 5.83. The van der Waals surface area contributed by atoms with Crippen LogP contribution >= 0.6 is 0 Å². The third-order valence-electron chi connectivity index (χ3n) is 5.28. The molecule has 0 aliphatic carbocycles. The Morgan fingerprint density at radius 3 is 1.52 bits per heavy atom. The van der Waals surface area contributed by atoms with Gasteiger partial charge in [-0.3, -0.25) is 0 Å². The van der Waals surface area contributed by atoms with Crippen LogP contribution in [0.3, 0.4) is 0 Å². The van der Waals surface area contributed by atoms with Gasteiger partial charge in [0, 0.05) is 0 Å². The molecule has 0 aliphatic rings. The average molecular weight is 317 g/mol. The van der Waals surface area contributed by atoms with E-state index in [1.54, 1.807) is 0 Å². The van der Waals surface area contributed by atoms with Gasteiger partial charge in [-0.05, 0) is 45.6 Å². The highest BCUT2D eigenvalue weighted by molar-refractivity contribution is 5.33. The van der Waals surface area contributed by atoms with Crippen molar-refractivity contribution in [3.63, 3.8) is 0 Å². The molecule has 0 bridgehead atoms. The molecule has 132 valence electrons. The van der Waals surface area contributed by atoms with Crippen molar-refractivity contribution in [2.75, 3.05) is 0 Å². The zero-order valence-corrected chi connectivity index (χ0v) is 17.4. The van der Waals surface area contributed by atoms with E-state index in [1.165, 1.54) is 30.4 Å². The summed E-state index contributed by atoms with van der Waals surface area (Å²) in [5.74, 6) is 0. The van der Waals surface area contributed by atoms with Crippen molar-refractivity contribution in [3.8, 4) is 0 Å². The SMILES string of the molecule is CCC(C)(C)CC(C)(C)c1cccc(C(C)(C)CC(C)(C)C)c1. The lowest BCUT2D eigenvalue weighted by molar-refractivity contribution is 0.247. The molecule has 1 rings (SSSR count). The van der Waals surface area contributed by atoms with E-state index in [1.807, 2.05) is 0 Å². The van der Waals surface area contributed by atoms with E-state index in [4.69, 9.17) is 0 Å². The van der Waals surface area contributed by atoms with Crippen molar-refractivity contribution < 1.29 is 0 Å². The third-order valence-corrected chi connectivity index (χ3v) is 5.28. The quantitative estimate of drug-likeness (QED) is 0.509. The monoisotopic (exact) mass is 316 g/mol. The highest BCUT2D eigenvalue weighted by Crippen LogP contribution is 2.41. The predicted octanol–water partition coefficient (Wildman–Crippen LogP) is 7.50. The minimum absolute atomic E-state index is 0.213. The molecule has 0 amide bonds. The van der Waals surface area contributed by atoms with Crippen LogP contribution in [0.4, 0.5) is 0 Å². The van der Waals surface area contributed by atoms with E-state index in [9.17, 15) is 0 Å². The first-order valence-electron chi connectivity index (χ1n) is 9.30. The van der Waals surface area contributed by atoms with Gasteiger partial charge in [0.05, 0.1) is 0 Å². The Bertz CT molecular complexity index is 509. The van der Waals surface area contributed by atoms with Crippen LogP contribution in [0, 0.1) is 10.8 Å². The molecule has 0 fully saturated rings. The van der Waals surface area contributed by atoms with Crippen LogP contribution < -0.4 is 0 Å². The fourth-order valence-electron chi connectivity index (χ4n) is 4.21. The van der Waals surface area contributed by atoms with Crippen molar-refractivity contribution >= 4 is 0 Å². The largest absolute Gasteiger partial charge is 0.0649 e. The van der Waals surface area contributed by atoms with E-state index >= 15 is 0 Å². The lowest BCUT2D eigenvalue weighted by atomic mass is 9.68. The summed E-state index contributed by atoms with van der Waals surface area (Å²) in [6, 6.07) is 9.37. The average Bonchev–Trinajstić information content (AvgIpc) is 2.35. The minimum Gasteiger partial charge on any atom is -0.0649 e. The Balaban J connectivity index is 3.13. The maximum Gasteiger partial charge on any atom is -0.00984 e. The first kappa shape index (κ1) is 20.3. The Hall–Kier alpha value is -0.780. The molecular formula is C23H40. The van der Waals surface area contributed by atoms with Gasteiger partial charge in [0.15, 0.2) is 0 Å². The Morgan fingerprint density at radius 1 is 0.696 bits per heavy atom. The second-order valence-corrected chi connectivity index (χ2v) is 10.8. The Labute approximate surface area is 146 Å². The van der Waals surface area contributed by atoms with Crippen LogP contribution in [0.1, 0.15) is 99.6 Å². The first-order chi connectivity index (χ1) is 10.2. The summed E-state index contributed by atoms with van der Waals surface area (Å²) in [5.41, 5.74) is 4.13. The standard InChI is InChI=1S/C23H40/c1-11-21(5,6)17-23(9,10)19-14-12-13-18(15-19)22(7,8)16-20(2,3)4/h12-15H,11,16-17H2,1-10H3. The molecule has 0 aliphatic heterocycles. The molecule has 1 aromatic carbocycles. The van der Waals surface area contributed by atoms with Crippen LogP contribution in [-0.2, 0) is 10.8 Å². The smallest absolute Gasteiger partial charge is 0.00984 e. The molecule has 0 heteroatoms. The van der Waals surface area contributed by atoms with E-state index in [2.05, 4.69) is 93.5 Å². The summed E-state index contributed by atoms with van der Waals surface area (Å²) in [6.07, 6.45) is 3.65. The molecule has 0 nitrogen and oxygen atoms in total. The molecule has 0 unspecified atom stereocenters. The van der Waals surface area contributed by atoms with E-state index < -0.39 is 0 Å². The normalized spacial score (nSPS) is 14.2. The molecule has 0 saturated heterocycles. The van der Waals surface area contributed by atoms with E-state index in [-0.39, 0.29) is 10.8 Å². The minimum atomic E-state index is 0.213. The number of rotatable bonds is 6. The van der Waals surface area contributed by atoms with Crippen molar-refractivity contribution in [3.05, 3.63) is 35.4 Å². The highest BCUT2D eigenvalue weighted by Gasteiger charge is 2.31. The molecular weight excluding hydrogens is 276 g/mol. The summed E-state index contributed by atoms with van der Waals surface area (Å²) >= 11 is 0. The van der Waals surface area contributed by atoms with Crippen LogP contribution in [0.5, 0.6) is 0 Å². The van der Waals surface area contributed by atoms with Gasteiger partial charge in [0.25, 0.3) is 0 Å². The second-order valence-electron chi connectivity index (χ2n) is 10.8. The van der Waals surface area contributed by atoms with Gasteiger partial charge in [0.1, 0.15) is 0 Å². The summed E-state index contributed by atoms with van der Waals surface area (Å²) in [5, 5.41) is 0.